The van der Waals surface area contributed by atoms with Crippen molar-refractivity contribution in [2.45, 2.75) is 25.4 Å². The van der Waals surface area contributed by atoms with E-state index in [9.17, 15) is 14.9 Å². The number of hydrogen-bond acceptors (Lipinski definition) is 5. The van der Waals surface area contributed by atoms with Crippen LogP contribution >= 0.6 is 11.6 Å². The summed E-state index contributed by atoms with van der Waals surface area (Å²) in [5.41, 5.74) is 0.301. The van der Waals surface area contributed by atoms with Crippen molar-refractivity contribution in [1.29, 1.82) is 0 Å². The fourth-order valence-electron chi connectivity index (χ4n) is 2.10. The Balaban J connectivity index is 1.89. The van der Waals surface area contributed by atoms with Crippen molar-refractivity contribution in [2.75, 3.05) is 13.2 Å². The summed E-state index contributed by atoms with van der Waals surface area (Å²) in [5, 5.41) is 10.8. The second kappa shape index (κ2) is 7.91. The number of nitrogens with zero attached hydrogens (tertiary/aromatic N) is 1. The molecule has 1 unspecified atom stereocenters. The molecule has 22 heavy (non-hydrogen) atoms. The largest absolute Gasteiger partial charge is 0.460 e. The maximum Gasteiger partial charge on any atom is 0.330 e. The van der Waals surface area contributed by atoms with Gasteiger partial charge in [-0.2, -0.15) is 0 Å². The third-order valence-electron chi connectivity index (χ3n) is 3.26. The maximum atomic E-state index is 11.6. The van der Waals surface area contributed by atoms with Gasteiger partial charge in [-0.15, -0.1) is 0 Å². The Bertz CT molecular complexity index is 581. The van der Waals surface area contributed by atoms with Crippen LogP contribution in [0.2, 0.25) is 5.02 Å². The van der Waals surface area contributed by atoms with Crippen LogP contribution in [0, 0.1) is 10.1 Å². The fourth-order valence-corrected chi connectivity index (χ4v) is 2.29. The van der Waals surface area contributed by atoms with Gasteiger partial charge >= 0.3 is 5.97 Å². The molecule has 2 rings (SSSR count). The molecular formula is C15H16ClNO5. The summed E-state index contributed by atoms with van der Waals surface area (Å²) in [6, 6.07) is 4.31. The summed E-state index contributed by atoms with van der Waals surface area (Å²) in [4.78, 5) is 21.8. The number of nitro groups is 1. The molecule has 1 heterocycles. The van der Waals surface area contributed by atoms with Crippen molar-refractivity contribution in [3.05, 3.63) is 45.0 Å². The van der Waals surface area contributed by atoms with E-state index in [0.717, 1.165) is 19.3 Å². The first kappa shape index (κ1) is 16.5. The average molecular weight is 326 g/mol. The molecule has 0 radical (unpaired) electrons. The van der Waals surface area contributed by atoms with Gasteiger partial charge in [-0.3, -0.25) is 10.1 Å². The van der Waals surface area contributed by atoms with Crippen LogP contribution in [0.5, 0.6) is 0 Å². The van der Waals surface area contributed by atoms with E-state index in [2.05, 4.69) is 0 Å². The molecule has 1 saturated heterocycles. The Morgan fingerprint density at radius 3 is 3.00 bits per heavy atom. The van der Waals surface area contributed by atoms with Crippen molar-refractivity contribution in [2.24, 2.45) is 0 Å². The standard InChI is InChI=1S/C15H16ClNO5/c16-13-6-4-11(9-14(13)17(19)20)5-7-15(18)22-10-12-3-1-2-8-21-12/h4-7,9,12H,1-3,8,10H2. The Kier molecular flexibility index (Phi) is 5.91. The molecule has 1 aromatic carbocycles. The maximum absolute atomic E-state index is 11.6. The van der Waals surface area contributed by atoms with Gasteiger partial charge in [0.05, 0.1) is 11.0 Å². The molecule has 6 nitrogen and oxygen atoms in total. The van der Waals surface area contributed by atoms with Crippen LogP contribution in [0.15, 0.2) is 24.3 Å². The Labute approximate surface area is 132 Å². The minimum atomic E-state index is -0.571. The van der Waals surface area contributed by atoms with Gasteiger partial charge in [-0.05, 0) is 37.0 Å². The lowest BCUT2D eigenvalue weighted by molar-refractivity contribution is -0.384. The van der Waals surface area contributed by atoms with Crippen LogP contribution in [0.4, 0.5) is 5.69 Å². The molecule has 0 spiro atoms. The minimum absolute atomic E-state index is 0.0391. The number of esters is 1. The number of hydrogen-bond donors (Lipinski definition) is 0. The van der Waals surface area contributed by atoms with E-state index < -0.39 is 10.9 Å². The minimum Gasteiger partial charge on any atom is -0.460 e. The van der Waals surface area contributed by atoms with Crippen molar-refractivity contribution in [3.8, 4) is 0 Å². The van der Waals surface area contributed by atoms with E-state index in [-0.39, 0.29) is 23.4 Å². The van der Waals surface area contributed by atoms with Crippen LogP contribution in [-0.4, -0.2) is 30.2 Å². The Hall–Kier alpha value is -1.92. The van der Waals surface area contributed by atoms with Crippen LogP contribution in [0.25, 0.3) is 6.08 Å². The lowest BCUT2D eigenvalue weighted by Gasteiger charge is -2.21. The molecule has 0 N–H and O–H groups in total. The summed E-state index contributed by atoms with van der Waals surface area (Å²) in [6.07, 6.45) is 5.65. The van der Waals surface area contributed by atoms with Crippen molar-refractivity contribution >= 4 is 29.3 Å². The summed E-state index contributed by atoms with van der Waals surface area (Å²) < 4.78 is 10.5. The fraction of sp³-hybridized carbons (Fsp3) is 0.400. The number of rotatable bonds is 5. The molecule has 1 aliphatic heterocycles. The van der Waals surface area contributed by atoms with E-state index in [1.807, 2.05) is 0 Å². The predicted octanol–water partition coefficient (Wildman–Crippen LogP) is 3.37. The highest BCUT2D eigenvalue weighted by molar-refractivity contribution is 6.32. The lowest BCUT2D eigenvalue weighted by atomic mass is 10.1. The van der Waals surface area contributed by atoms with Gasteiger partial charge in [0.1, 0.15) is 11.6 Å². The Morgan fingerprint density at radius 2 is 2.32 bits per heavy atom. The summed E-state index contributed by atoms with van der Waals surface area (Å²) in [5.74, 6) is -0.508. The van der Waals surface area contributed by atoms with Crippen molar-refractivity contribution < 1.29 is 19.2 Å². The highest BCUT2D eigenvalue weighted by atomic mass is 35.5. The third kappa shape index (κ3) is 4.82. The first-order valence-corrected chi connectivity index (χ1v) is 7.34. The van der Waals surface area contributed by atoms with Gasteiger partial charge < -0.3 is 9.47 Å². The molecular weight excluding hydrogens is 310 g/mol. The van der Waals surface area contributed by atoms with Gasteiger partial charge in [0.15, 0.2) is 0 Å². The smallest absolute Gasteiger partial charge is 0.330 e. The molecule has 0 aromatic heterocycles. The zero-order chi connectivity index (χ0) is 15.9. The number of carbonyl (C=O) groups excluding carboxylic acids is 1. The molecule has 1 aromatic rings. The van der Waals surface area contributed by atoms with E-state index in [0.29, 0.717) is 12.2 Å². The molecule has 0 bridgehead atoms. The van der Waals surface area contributed by atoms with E-state index in [1.165, 1.54) is 24.3 Å². The molecule has 0 saturated carbocycles. The van der Waals surface area contributed by atoms with Crippen LogP contribution in [0.3, 0.4) is 0 Å². The van der Waals surface area contributed by atoms with Crippen LogP contribution in [0.1, 0.15) is 24.8 Å². The van der Waals surface area contributed by atoms with Gasteiger partial charge in [0.25, 0.3) is 5.69 Å². The number of ether oxygens (including phenoxy) is 2. The summed E-state index contributed by atoms with van der Waals surface area (Å²) in [7, 11) is 0. The van der Waals surface area contributed by atoms with E-state index in [1.54, 1.807) is 6.07 Å². The monoisotopic (exact) mass is 325 g/mol. The first-order chi connectivity index (χ1) is 10.6. The number of nitro benzene ring substituents is 1. The van der Waals surface area contributed by atoms with Crippen molar-refractivity contribution in [3.63, 3.8) is 0 Å². The molecule has 1 atom stereocenters. The quantitative estimate of drug-likeness (QED) is 0.359. The SMILES string of the molecule is O=C(C=Cc1ccc(Cl)c([N+](=O)[O-])c1)OCC1CCCCO1. The van der Waals surface area contributed by atoms with Gasteiger partial charge in [-0.25, -0.2) is 4.79 Å². The van der Waals surface area contributed by atoms with E-state index in [4.69, 9.17) is 21.1 Å². The number of benzene rings is 1. The lowest BCUT2D eigenvalue weighted by Crippen LogP contribution is -2.25. The topological polar surface area (TPSA) is 78.7 Å². The second-order valence-corrected chi connectivity index (χ2v) is 5.33. The number of halogens is 1. The molecule has 0 aliphatic carbocycles. The number of carbonyl (C=O) groups is 1. The predicted molar refractivity (Wildman–Crippen MR) is 81.7 cm³/mol. The van der Waals surface area contributed by atoms with Crippen molar-refractivity contribution in [1.82, 2.24) is 0 Å². The Morgan fingerprint density at radius 1 is 1.50 bits per heavy atom. The van der Waals surface area contributed by atoms with Gasteiger partial charge in [0, 0.05) is 18.7 Å². The molecule has 118 valence electrons. The second-order valence-electron chi connectivity index (χ2n) is 4.92. The van der Waals surface area contributed by atoms with Crippen LogP contribution < -0.4 is 0 Å². The summed E-state index contributed by atoms with van der Waals surface area (Å²) in [6.45, 7) is 0.927. The zero-order valence-corrected chi connectivity index (χ0v) is 12.6. The van der Waals surface area contributed by atoms with E-state index >= 15 is 0 Å². The normalized spacial score (nSPS) is 18.3. The average Bonchev–Trinajstić information content (AvgIpc) is 2.53. The van der Waals surface area contributed by atoms with Gasteiger partial charge in [-0.1, -0.05) is 17.7 Å². The van der Waals surface area contributed by atoms with Crippen LogP contribution in [-0.2, 0) is 14.3 Å². The first-order valence-electron chi connectivity index (χ1n) is 6.96. The molecule has 7 heteroatoms. The molecule has 1 aliphatic rings. The highest BCUT2D eigenvalue weighted by Gasteiger charge is 2.15. The van der Waals surface area contributed by atoms with Gasteiger partial charge in [0.2, 0.25) is 0 Å². The highest BCUT2D eigenvalue weighted by Crippen LogP contribution is 2.25. The molecule has 0 amide bonds. The third-order valence-corrected chi connectivity index (χ3v) is 3.58. The summed E-state index contributed by atoms with van der Waals surface area (Å²) >= 11 is 5.72. The molecule has 1 fully saturated rings. The zero-order valence-electron chi connectivity index (χ0n) is 11.9.